The Balaban J connectivity index is 1.61. The lowest BCUT2D eigenvalue weighted by molar-refractivity contribution is 0.0947. The van der Waals surface area contributed by atoms with Crippen LogP contribution < -0.4 is 15.1 Å². The van der Waals surface area contributed by atoms with E-state index in [1.165, 1.54) is 16.8 Å². The molecule has 1 N–H and O–H groups in total. The number of carbonyl (C=O) groups excluding carboxylic acids is 1. The largest absolute Gasteiger partial charge is 0.368 e. The van der Waals surface area contributed by atoms with Gasteiger partial charge in [0.1, 0.15) is 5.69 Å². The van der Waals surface area contributed by atoms with E-state index < -0.39 is 0 Å². The Labute approximate surface area is 168 Å². The zero-order valence-corrected chi connectivity index (χ0v) is 17.4. The minimum Gasteiger partial charge on any atom is -0.368 e. The summed E-state index contributed by atoms with van der Waals surface area (Å²) < 4.78 is 0. The fourth-order valence-electron chi connectivity index (χ4n) is 3.42. The average Bonchev–Trinajstić information content (AvgIpc) is 2.70. The molecule has 3 rings (SSSR count). The van der Waals surface area contributed by atoms with Gasteiger partial charge in [-0.15, -0.1) is 0 Å². The minimum absolute atomic E-state index is 0.127. The molecule has 0 radical (unpaired) electrons. The first-order valence-corrected chi connectivity index (χ1v) is 10.1. The Kier molecular flexibility index (Phi) is 6.49. The normalized spacial score (nSPS) is 14.5. The third kappa shape index (κ3) is 4.80. The number of benzene rings is 1. The highest BCUT2D eigenvalue weighted by molar-refractivity contribution is 5.92. The number of hydrogen-bond acceptors (Lipinski definition) is 5. The summed E-state index contributed by atoms with van der Waals surface area (Å²) in [5.41, 5.74) is 4.40. The summed E-state index contributed by atoms with van der Waals surface area (Å²) in [5, 5.41) is 2.94. The molecule has 0 unspecified atom stereocenters. The smallest absolute Gasteiger partial charge is 0.270 e. The molecule has 0 aliphatic carbocycles. The predicted molar refractivity (Wildman–Crippen MR) is 114 cm³/mol. The van der Waals surface area contributed by atoms with Crippen LogP contribution in [0.3, 0.4) is 0 Å². The molecule has 1 saturated heterocycles. The molecule has 1 amide bonds. The van der Waals surface area contributed by atoms with Crippen LogP contribution >= 0.6 is 0 Å². The van der Waals surface area contributed by atoms with Crippen LogP contribution in [0.2, 0.25) is 0 Å². The average molecular weight is 382 g/mol. The van der Waals surface area contributed by atoms with Crippen molar-refractivity contribution in [2.75, 3.05) is 42.5 Å². The molecule has 6 nitrogen and oxygen atoms in total. The van der Waals surface area contributed by atoms with Crippen molar-refractivity contribution in [2.24, 2.45) is 5.92 Å². The molecule has 1 aromatic heterocycles. The highest BCUT2D eigenvalue weighted by Crippen LogP contribution is 2.24. The number of aryl methyl sites for hydroxylation is 1. The Bertz CT molecular complexity index is 812. The van der Waals surface area contributed by atoms with E-state index in [-0.39, 0.29) is 5.91 Å². The van der Waals surface area contributed by atoms with Crippen LogP contribution in [-0.2, 0) is 0 Å². The topological polar surface area (TPSA) is 61.4 Å². The van der Waals surface area contributed by atoms with Gasteiger partial charge in [-0.1, -0.05) is 26.0 Å². The SMILES string of the molecule is Cc1cccc(N2CCN(c3nccc(C(=O)NCCC(C)C)n3)CC2)c1C. The summed E-state index contributed by atoms with van der Waals surface area (Å²) in [6, 6.07) is 8.15. The van der Waals surface area contributed by atoms with E-state index in [2.05, 4.69) is 71.0 Å². The van der Waals surface area contributed by atoms with Crippen molar-refractivity contribution in [2.45, 2.75) is 34.1 Å². The van der Waals surface area contributed by atoms with Crippen molar-refractivity contribution >= 4 is 17.5 Å². The van der Waals surface area contributed by atoms with Gasteiger partial charge >= 0.3 is 0 Å². The first-order valence-electron chi connectivity index (χ1n) is 10.1. The van der Waals surface area contributed by atoms with Crippen LogP contribution in [0.4, 0.5) is 11.6 Å². The van der Waals surface area contributed by atoms with Crippen LogP contribution in [0.15, 0.2) is 30.5 Å². The molecular formula is C22H31N5O. The zero-order chi connectivity index (χ0) is 20.1. The second kappa shape index (κ2) is 9.04. The lowest BCUT2D eigenvalue weighted by Crippen LogP contribution is -2.47. The van der Waals surface area contributed by atoms with Gasteiger partial charge in [-0.25, -0.2) is 9.97 Å². The molecule has 150 valence electrons. The molecular weight excluding hydrogens is 350 g/mol. The van der Waals surface area contributed by atoms with Crippen LogP contribution in [0.25, 0.3) is 0 Å². The van der Waals surface area contributed by atoms with Gasteiger partial charge in [0.05, 0.1) is 0 Å². The van der Waals surface area contributed by atoms with Gasteiger partial charge in [0, 0.05) is 44.6 Å². The first-order chi connectivity index (χ1) is 13.5. The summed E-state index contributed by atoms with van der Waals surface area (Å²) >= 11 is 0. The maximum atomic E-state index is 12.3. The Morgan fingerprint density at radius 3 is 2.54 bits per heavy atom. The highest BCUT2D eigenvalue weighted by atomic mass is 16.1. The summed E-state index contributed by atoms with van der Waals surface area (Å²) in [7, 11) is 0. The molecule has 0 atom stereocenters. The van der Waals surface area contributed by atoms with Gasteiger partial charge in [0.2, 0.25) is 5.95 Å². The number of piperazine rings is 1. The van der Waals surface area contributed by atoms with Crippen LogP contribution in [0.5, 0.6) is 0 Å². The molecule has 28 heavy (non-hydrogen) atoms. The van der Waals surface area contributed by atoms with Crippen LogP contribution in [-0.4, -0.2) is 48.6 Å². The first kappa shape index (κ1) is 20.1. The third-order valence-electron chi connectivity index (χ3n) is 5.36. The highest BCUT2D eigenvalue weighted by Gasteiger charge is 2.21. The number of anilines is 2. The van der Waals surface area contributed by atoms with E-state index in [1.54, 1.807) is 12.3 Å². The minimum atomic E-state index is -0.127. The Morgan fingerprint density at radius 1 is 1.11 bits per heavy atom. The summed E-state index contributed by atoms with van der Waals surface area (Å²) in [6.45, 7) is 12.8. The molecule has 2 heterocycles. The van der Waals surface area contributed by atoms with Gasteiger partial charge in [0.15, 0.2) is 0 Å². The van der Waals surface area contributed by atoms with Gasteiger partial charge in [-0.3, -0.25) is 4.79 Å². The van der Waals surface area contributed by atoms with Crippen molar-refractivity contribution in [3.05, 3.63) is 47.3 Å². The van der Waals surface area contributed by atoms with E-state index in [0.717, 1.165) is 32.6 Å². The lowest BCUT2D eigenvalue weighted by Gasteiger charge is -2.37. The molecule has 0 saturated carbocycles. The maximum Gasteiger partial charge on any atom is 0.270 e. The molecule has 2 aromatic rings. The molecule has 1 fully saturated rings. The van der Waals surface area contributed by atoms with Gasteiger partial charge in [0.25, 0.3) is 5.91 Å². The molecule has 1 aliphatic rings. The quantitative estimate of drug-likeness (QED) is 0.833. The maximum absolute atomic E-state index is 12.3. The number of hydrogen-bond donors (Lipinski definition) is 1. The summed E-state index contributed by atoms with van der Waals surface area (Å²) in [5.74, 6) is 1.07. The summed E-state index contributed by atoms with van der Waals surface area (Å²) in [4.78, 5) is 25.8. The molecule has 0 bridgehead atoms. The van der Waals surface area contributed by atoms with Crippen molar-refractivity contribution < 1.29 is 4.79 Å². The molecule has 6 heteroatoms. The van der Waals surface area contributed by atoms with Crippen molar-refractivity contribution in [3.8, 4) is 0 Å². The number of amides is 1. The fourth-order valence-corrected chi connectivity index (χ4v) is 3.42. The van der Waals surface area contributed by atoms with Gasteiger partial charge in [-0.2, -0.15) is 0 Å². The van der Waals surface area contributed by atoms with E-state index >= 15 is 0 Å². The van der Waals surface area contributed by atoms with Crippen molar-refractivity contribution in [1.29, 1.82) is 0 Å². The number of carbonyl (C=O) groups is 1. The number of aromatic nitrogens is 2. The second-order valence-corrected chi connectivity index (χ2v) is 7.87. The second-order valence-electron chi connectivity index (χ2n) is 7.87. The lowest BCUT2D eigenvalue weighted by atomic mass is 10.1. The third-order valence-corrected chi connectivity index (χ3v) is 5.36. The number of rotatable bonds is 6. The zero-order valence-electron chi connectivity index (χ0n) is 17.4. The Morgan fingerprint density at radius 2 is 1.82 bits per heavy atom. The van der Waals surface area contributed by atoms with Crippen molar-refractivity contribution in [3.63, 3.8) is 0 Å². The van der Waals surface area contributed by atoms with Crippen LogP contribution in [0, 0.1) is 19.8 Å². The van der Waals surface area contributed by atoms with Crippen molar-refractivity contribution in [1.82, 2.24) is 15.3 Å². The predicted octanol–water partition coefficient (Wildman–Crippen LogP) is 3.20. The Hall–Kier alpha value is -2.63. The van der Waals surface area contributed by atoms with Gasteiger partial charge in [-0.05, 0) is 49.4 Å². The molecule has 0 spiro atoms. The molecule has 1 aromatic carbocycles. The van der Waals surface area contributed by atoms with E-state index in [0.29, 0.717) is 24.1 Å². The summed E-state index contributed by atoms with van der Waals surface area (Å²) in [6.07, 6.45) is 2.64. The number of nitrogens with one attached hydrogen (secondary N) is 1. The number of nitrogens with zero attached hydrogens (tertiary/aromatic N) is 4. The van der Waals surface area contributed by atoms with E-state index in [9.17, 15) is 4.79 Å². The molecule has 1 aliphatic heterocycles. The monoisotopic (exact) mass is 381 g/mol. The van der Waals surface area contributed by atoms with E-state index in [4.69, 9.17) is 0 Å². The van der Waals surface area contributed by atoms with E-state index in [1.807, 2.05) is 0 Å². The van der Waals surface area contributed by atoms with Gasteiger partial charge < -0.3 is 15.1 Å². The van der Waals surface area contributed by atoms with Crippen LogP contribution in [0.1, 0.15) is 41.9 Å². The fraction of sp³-hybridized carbons (Fsp3) is 0.500. The standard InChI is InChI=1S/C22H31N5O/c1-16(2)8-10-23-21(28)19-9-11-24-22(25-19)27-14-12-26(13-15-27)20-7-5-6-17(3)18(20)4/h5-7,9,11,16H,8,10,12-15H2,1-4H3,(H,23,28).